The smallest absolute Gasteiger partial charge is 0.146 e. The molecule has 0 nitrogen and oxygen atoms in total. The van der Waals surface area contributed by atoms with E-state index in [-0.39, 0.29) is 0 Å². The molecule has 0 unspecified atom stereocenters. The Hall–Kier alpha value is 0.814. The fourth-order valence-electron chi connectivity index (χ4n) is 1.96. The Morgan fingerprint density at radius 1 is 0.947 bits per heavy atom. The minimum atomic E-state index is -2.17. The van der Waals surface area contributed by atoms with Crippen LogP contribution in [0.15, 0.2) is 24.3 Å². The van der Waals surface area contributed by atoms with Gasteiger partial charge in [-0.2, -0.15) is 0 Å². The lowest BCUT2D eigenvalue weighted by atomic mass is 10.1. The van der Waals surface area contributed by atoms with Gasteiger partial charge < -0.3 is 0 Å². The first-order valence-electron chi connectivity index (χ1n) is 6.50. The topological polar surface area (TPSA) is 0 Å². The van der Waals surface area contributed by atoms with Gasteiger partial charge in [0.2, 0.25) is 6.69 Å². The van der Waals surface area contributed by atoms with Crippen LogP contribution in [-0.2, 0) is 6.42 Å². The quantitative estimate of drug-likeness (QED) is 0.383. The number of aryl methyl sites for hydroxylation is 2. The molecule has 0 saturated carbocycles. The summed E-state index contributed by atoms with van der Waals surface area (Å²) in [6, 6.07) is 10.9. The summed E-state index contributed by atoms with van der Waals surface area (Å²) in [5, 5.41) is 0. The maximum absolute atomic E-state index is 6.46. The summed E-state index contributed by atoms with van der Waals surface area (Å²) in [6.45, 7) is -0.186. The van der Waals surface area contributed by atoms with Gasteiger partial charge in [-0.3, -0.25) is 0 Å². The molecule has 0 radical (unpaired) electrons. The molecule has 1 rings (SSSR count). The number of halogens is 4. The first-order valence-corrected chi connectivity index (χ1v) is 15.7. The third-order valence-electron chi connectivity index (χ3n) is 3.18. The largest absolute Gasteiger partial charge is 0.251 e. The van der Waals surface area contributed by atoms with Crippen LogP contribution in [0, 0.1) is 6.92 Å². The van der Waals surface area contributed by atoms with Crippen LogP contribution in [0.2, 0.25) is 24.7 Å². The van der Waals surface area contributed by atoms with Crippen molar-refractivity contribution < 1.29 is 0 Å². The van der Waals surface area contributed by atoms with Gasteiger partial charge >= 0.3 is 0 Å². The van der Waals surface area contributed by atoms with Gasteiger partial charge in [-0.05, 0) is 55.6 Å². The molecule has 0 aliphatic heterocycles. The fourth-order valence-corrected chi connectivity index (χ4v) is 10.3. The summed E-state index contributed by atoms with van der Waals surface area (Å²) < 4.78 is 0. The molecule has 0 aromatic heterocycles. The van der Waals surface area contributed by atoms with Gasteiger partial charge in [0, 0.05) is 0 Å². The predicted molar refractivity (Wildman–Crippen MR) is 94.7 cm³/mol. The summed E-state index contributed by atoms with van der Waals surface area (Å²) in [6.07, 6.45) is 2.07. The Balaban J connectivity index is 2.37. The van der Waals surface area contributed by atoms with Gasteiger partial charge in [0.1, 0.15) is 0 Å². The Morgan fingerprint density at radius 2 is 1.58 bits per heavy atom. The highest BCUT2D eigenvalue weighted by molar-refractivity contribution is 7.48. The van der Waals surface area contributed by atoms with Crippen LogP contribution in [0.25, 0.3) is 0 Å². The first kappa shape index (κ1) is 17.9. The van der Waals surface area contributed by atoms with Crippen molar-refractivity contribution in [2.24, 2.45) is 0 Å². The highest BCUT2D eigenvalue weighted by Gasteiger charge is 2.32. The van der Waals surface area contributed by atoms with E-state index in [0.29, 0.717) is 0 Å². The van der Waals surface area contributed by atoms with Gasteiger partial charge in [0.15, 0.2) is 0 Å². The van der Waals surface area contributed by atoms with Gasteiger partial charge in [-0.1, -0.05) is 24.3 Å². The van der Waals surface area contributed by atoms with E-state index in [1.54, 1.807) is 0 Å². The monoisotopic (exact) mass is 372 g/mol. The molecule has 0 N–H and O–H groups in total. The van der Waals surface area contributed by atoms with E-state index in [2.05, 4.69) is 31.2 Å². The molecule has 1 aromatic carbocycles. The molecule has 1 aromatic rings. The SMILES string of the molecule is Cc1ccccc1CCC[Si](Cl)(Cl)CC[Si](C)(Cl)Cl. The summed E-state index contributed by atoms with van der Waals surface area (Å²) >= 11 is 25.1. The predicted octanol–water partition coefficient (Wildman–Crippen LogP) is 6.40. The molecule has 0 spiro atoms. The second-order valence-corrected chi connectivity index (χ2v) is 21.1. The standard InChI is InChI=1S/C13H20Cl4Si2/c1-12-6-3-4-7-13(12)8-5-9-19(16,17)11-10-18(2,14)15/h3-4,6-7H,5,8-11H2,1-2H3. The van der Waals surface area contributed by atoms with Crippen LogP contribution in [0.5, 0.6) is 0 Å². The van der Waals surface area contributed by atoms with Crippen molar-refractivity contribution in [1.29, 1.82) is 0 Å². The molecular formula is C13H20Cl4Si2. The first-order chi connectivity index (χ1) is 8.70. The zero-order chi connectivity index (χ0) is 14.5. The van der Waals surface area contributed by atoms with Gasteiger partial charge in [0.05, 0.1) is 0 Å². The van der Waals surface area contributed by atoms with Crippen LogP contribution in [0.1, 0.15) is 17.5 Å². The van der Waals surface area contributed by atoms with Gasteiger partial charge in [0.25, 0.3) is 6.69 Å². The Bertz CT molecular complexity index is 402. The second kappa shape index (κ2) is 7.72. The van der Waals surface area contributed by atoms with Crippen LogP contribution in [0.4, 0.5) is 0 Å². The number of hydrogen-bond acceptors (Lipinski definition) is 0. The molecule has 0 bridgehead atoms. The third-order valence-corrected chi connectivity index (χ3v) is 10.3. The van der Waals surface area contributed by atoms with Crippen molar-refractivity contribution in [3.63, 3.8) is 0 Å². The van der Waals surface area contributed by atoms with Crippen molar-refractivity contribution in [3.05, 3.63) is 35.4 Å². The van der Waals surface area contributed by atoms with E-state index >= 15 is 0 Å². The van der Waals surface area contributed by atoms with Crippen LogP contribution < -0.4 is 0 Å². The molecule has 108 valence electrons. The van der Waals surface area contributed by atoms with E-state index in [1.165, 1.54) is 11.1 Å². The van der Waals surface area contributed by atoms with Crippen LogP contribution in [-0.4, -0.2) is 13.4 Å². The van der Waals surface area contributed by atoms with Crippen LogP contribution >= 0.6 is 44.3 Å². The maximum atomic E-state index is 6.46. The molecule has 0 saturated heterocycles. The van der Waals surface area contributed by atoms with E-state index in [0.717, 1.165) is 31.0 Å². The number of hydrogen-bond donors (Lipinski definition) is 0. The van der Waals surface area contributed by atoms with Crippen molar-refractivity contribution in [3.8, 4) is 0 Å². The van der Waals surface area contributed by atoms with Crippen molar-refractivity contribution in [2.75, 3.05) is 0 Å². The summed E-state index contributed by atoms with van der Waals surface area (Å²) in [5.74, 6) is 0. The molecule has 0 aliphatic rings. The average Bonchev–Trinajstić information content (AvgIpc) is 2.28. The lowest BCUT2D eigenvalue weighted by molar-refractivity contribution is 0.899. The Labute approximate surface area is 137 Å². The van der Waals surface area contributed by atoms with Crippen LogP contribution in [0.3, 0.4) is 0 Å². The zero-order valence-corrected chi connectivity index (χ0v) is 16.4. The summed E-state index contributed by atoms with van der Waals surface area (Å²) in [4.78, 5) is 0. The molecule has 0 fully saturated rings. The third kappa shape index (κ3) is 7.98. The van der Waals surface area contributed by atoms with Gasteiger partial charge in [-0.25, -0.2) is 0 Å². The molecule has 6 heteroatoms. The average molecular weight is 374 g/mol. The molecule has 19 heavy (non-hydrogen) atoms. The summed E-state index contributed by atoms with van der Waals surface area (Å²) in [7, 11) is 0. The molecule has 0 heterocycles. The normalized spacial score (nSPS) is 12.7. The Kier molecular flexibility index (Phi) is 7.26. The lowest BCUT2D eigenvalue weighted by Gasteiger charge is -2.19. The molecular weight excluding hydrogens is 354 g/mol. The van der Waals surface area contributed by atoms with Crippen molar-refractivity contribution in [1.82, 2.24) is 0 Å². The fraction of sp³-hybridized carbons (Fsp3) is 0.538. The lowest BCUT2D eigenvalue weighted by Crippen LogP contribution is -2.23. The highest BCUT2D eigenvalue weighted by atomic mass is 35.7. The second-order valence-electron chi connectivity index (χ2n) is 5.21. The van der Waals surface area contributed by atoms with E-state index < -0.39 is 13.4 Å². The molecule has 0 amide bonds. The van der Waals surface area contributed by atoms with E-state index in [9.17, 15) is 0 Å². The van der Waals surface area contributed by atoms with E-state index in [4.69, 9.17) is 44.3 Å². The van der Waals surface area contributed by atoms with Crippen molar-refractivity contribution >= 4 is 57.7 Å². The molecule has 0 aliphatic carbocycles. The number of benzene rings is 1. The minimum Gasteiger partial charge on any atom is -0.146 e. The summed E-state index contributed by atoms with van der Waals surface area (Å²) in [5.41, 5.74) is 2.72. The maximum Gasteiger partial charge on any atom is 0.251 e. The van der Waals surface area contributed by atoms with Crippen molar-refractivity contribution in [2.45, 2.75) is 44.4 Å². The van der Waals surface area contributed by atoms with Gasteiger partial charge in [-0.15, -0.1) is 44.3 Å². The number of rotatable bonds is 7. The Morgan fingerprint density at radius 3 is 2.16 bits per heavy atom. The van der Waals surface area contributed by atoms with E-state index in [1.807, 2.05) is 6.55 Å². The molecule has 0 atom stereocenters. The zero-order valence-electron chi connectivity index (χ0n) is 11.4. The highest BCUT2D eigenvalue weighted by Crippen LogP contribution is 2.34. The minimum absolute atomic E-state index is 0.791.